The Morgan fingerprint density at radius 2 is 1.79 bits per heavy atom. The van der Waals surface area contributed by atoms with Crippen molar-refractivity contribution in [3.63, 3.8) is 0 Å². The molecular weight excluding hydrogens is 382 g/mol. The van der Waals surface area contributed by atoms with Crippen LogP contribution in [0.1, 0.15) is 35.7 Å². The summed E-state index contributed by atoms with van der Waals surface area (Å²) in [5, 5.41) is 32.4. The van der Waals surface area contributed by atoms with E-state index in [1.165, 1.54) is 25.1 Å². The molecule has 2 saturated carbocycles. The number of primary amides is 1. The number of aromatic hydroxyl groups is 1. The van der Waals surface area contributed by atoms with E-state index in [4.69, 9.17) is 5.73 Å². The van der Waals surface area contributed by atoms with Crippen LogP contribution in [0, 0.1) is 23.7 Å². The predicted molar refractivity (Wildman–Crippen MR) is 94.4 cm³/mol. The van der Waals surface area contributed by atoms with Gasteiger partial charge >= 0.3 is 0 Å². The summed E-state index contributed by atoms with van der Waals surface area (Å²) < 4.78 is 0. The summed E-state index contributed by atoms with van der Waals surface area (Å²) in [4.78, 5) is 63.0. The van der Waals surface area contributed by atoms with Gasteiger partial charge in [0.25, 0.3) is 0 Å². The second-order valence-electron chi connectivity index (χ2n) is 8.23. The maximum Gasteiger partial charge on any atom is 0.235 e. The lowest BCUT2D eigenvalue weighted by Crippen LogP contribution is -2.69. The number of fused-ring (bicyclic) bond motifs is 3. The van der Waals surface area contributed by atoms with Crippen LogP contribution in [0.4, 0.5) is 0 Å². The lowest BCUT2D eigenvalue weighted by Gasteiger charge is -2.52. The maximum absolute atomic E-state index is 13.3. The minimum Gasteiger partial charge on any atom is -0.507 e. The number of hydrogen-bond acceptors (Lipinski definition) is 8. The molecule has 1 aromatic rings. The Morgan fingerprint density at radius 1 is 1.14 bits per heavy atom. The van der Waals surface area contributed by atoms with Crippen LogP contribution >= 0.6 is 0 Å². The minimum atomic E-state index is -2.73. The second-order valence-corrected chi connectivity index (χ2v) is 8.23. The summed E-state index contributed by atoms with van der Waals surface area (Å²) in [5.74, 6) is -11.6. The summed E-state index contributed by atoms with van der Waals surface area (Å²) in [6.45, 7) is 1.38. The van der Waals surface area contributed by atoms with Crippen molar-refractivity contribution in [3.8, 4) is 5.75 Å². The fraction of sp³-hybridized carbons (Fsp3) is 0.450. The number of benzene rings is 1. The molecule has 0 radical (unpaired) electrons. The Hall–Kier alpha value is -2.91. The Bertz CT molecular complexity index is 1010. The van der Waals surface area contributed by atoms with Gasteiger partial charge in [-0.2, -0.15) is 0 Å². The number of phenolic OH excluding ortho intramolecular Hbond substituents is 1. The number of ketones is 4. The summed E-state index contributed by atoms with van der Waals surface area (Å²) in [6, 6.07) is 4.13. The quantitative estimate of drug-likeness (QED) is 0.433. The van der Waals surface area contributed by atoms with Crippen LogP contribution in [-0.2, 0) is 24.8 Å². The van der Waals surface area contributed by atoms with E-state index >= 15 is 0 Å². The van der Waals surface area contributed by atoms with E-state index in [1.54, 1.807) is 0 Å². The molecule has 0 saturated heterocycles. The molecule has 9 heteroatoms. The zero-order valence-electron chi connectivity index (χ0n) is 15.4. The van der Waals surface area contributed by atoms with Crippen molar-refractivity contribution >= 4 is 29.0 Å². The topological polar surface area (TPSA) is 172 Å². The predicted octanol–water partition coefficient (Wildman–Crippen LogP) is -1.01. The number of phenols is 1. The molecule has 0 spiro atoms. The normalized spacial score (nSPS) is 38.9. The van der Waals surface area contributed by atoms with Crippen LogP contribution in [-0.4, -0.2) is 50.0 Å². The highest BCUT2D eigenvalue weighted by Gasteiger charge is 2.68. The van der Waals surface area contributed by atoms with Crippen LogP contribution < -0.4 is 5.73 Å². The first kappa shape index (κ1) is 19.4. The molecule has 6 unspecified atom stereocenters. The van der Waals surface area contributed by atoms with Crippen LogP contribution in [0.25, 0.3) is 0 Å². The summed E-state index contributed by atoms with van der Waals surface area (Å²) in [7, 11) is 0. The molecule has 2 fully saturated rings. The molecule has 6 atom stereocenters. The van der Waals surface area contributed by atoms with Gasteiger partial charge in [-0.15, -0.1) is 0 Å². The third kappa shape index (κ3) is 2.25. The minimum absolute atomic E-state index is 0.130. The third-order valence-corrected chi connectivity index (χ3v) is 6.72. The highest BCUT2D eigenvalue weighted by Crippen LogP contribution is 2.55. The fourth-order valence-electron chi connectivity index (χ4n) is 5.23. The molecule has 0 bridgehead atoms. The van der Waals surface area contributed by atoms with Crippen LogP contribution in [0.5, 0.6) is 5.75 Å². The Labute approximate surface area is 164 Å². The SMILES string of the molecule is CC1(O)c2cccc(O)c2C(=O)C2C(=O)C3(O)C(=O)C(C(N)=O)C(=O)CC3CC21. The van der Waals surface area contributed by atoms with Crippen LogP contribution in [0.2, 0.25) is 0 Å². The largest absolute Gasteiger partial charge is 0.507 e. The zero-order chi connectivity index (χ0) is 21.5. The molecule has 0 aromatic heterocycles. The summed E-state index contributed by atoms with van der Waals surface area (Å²) in [5.41, 5.74) is 0.523. The van der Waals surface area contributed by atoms with Gasteiger partial charge in [0.1, 0.15) is 5.75 Å². The molecule has 0 aliphatic heterocycles. The first-order valence-corrected chi connectivity index (χ1v) is 9.16. The molecule has 5 N–H and O–H groups in total. The smallest absolute Gasteiger partial charge is 0.235 e. The van der Waals surface area contributed by atoms with E-state index in [0.717, 1.165) is 0 Å². The van der Waals surface area contributed by atoms with Crippen LogP contribution in [0.15, 0.2) is 18.2 Å². The molecule has 1 amide bonds. The fourth-order valence-corrected chi connectivity index (χ4v) is 5.23. The number of carbonyl (C=O) groups excluding carboxylic acids is 5. The number of nitrogens with two attached hydrogens (primary N) is 1. The first-order chi connectivity index (χ1) is 13.4. The highest BCUT2D eigenvalue weighted by molar-refractivity contribution is 6.31. The van der Waals surface area contributed by atoms with Gasteiger partial charge in [0.15, 0.2) is 34.7 Å². The van der Waals surface area contributed by atoms with E-state index in [-0.39, 0.29) is 17.5 Å². The Kier molecular flexibility index (Phi) is 3.88. The molecule has 1 aromatic carbocycles. The van der Waals surface area contributed by atoms with Gasteiger partial charge in [-0.25, -0.2) is 0 Å². The average molecular weight is 401 g/mol. The van der Waals surface area contributed by atoms with Crippen molar-refractivity contribution in [2.24, 2.45) is 29.4 Å². The van der Waals surface area contributed by atoms with Crippen molar-refractivity contribution in [1.82, 2.24) is 0 Å². The van der Waals surface area contributed by atoms with Crippen molar-refractivity contribution in [3.05, 3.63) is 29.3 Å². The number of aliphatic hydroxyl groups is 2. The zero-order valence-corrected chi connectivity index (χ0v) is 15.4. The van der Waals surface area contributed by atoms with Gasteiger partial charge in [0.05, 0.1) is 17.1 Å². The second kappa shape index (κ2) is 5.80. The van der Waals surface area contributed by atoms with E-state index in [1.807, 2.05) is 0 Å². The van der Waals surface area contributed by atoms with Crippen molar-refractivity contribution in [2.75, 3.05) is 0 Å². The molecule has 152 valence electrons. The maximum atomic E-state index is 13.3. The van der Waals surface area contributed by atoms with Crippen molar-refractivity contribution in [1.29, 1.82) is 0 Å². The summed E-state index contributed by atoms with van der Waals surface area (Å²) >= 11 is 0. The van der Waals surface area contributed by atoms with Crippen molar-refractivity contribution in [2.45, 2.75) is 31.0 Å². The molecule has 29 heavy (non-hydrogen) atoms. The van der Waals surface area contributed by atoms with Crippen LogP contribution in [0.3, 0.4) is 0 Å². The number of rotatable bonds is 1. The van der Waals surface area contributed by atoms with E-state index in [0.29, 0.717) is 0 Å². The molecule has 9 nitrogen and oxygen atoms in total. The first-order valence-electron chi connectivity index (χ1n) is 9.16. The van der Waals surface area contributed by atoms with Gasteiger partial charge in [0.2, 0.25) is 5.91 Å². The Balaban J connectivity index is 1.89. The summed E-state index contributed by atoms with van der Waals surface area (Å²) in [6.07, 6.45) is -0.633. The molecular formula is C20H19NO8. The van der Waals surface area contributed by atoms with E-state index < -0.39 is 76.1 Å². The van der Waals surface area contributed by atoms with Gasteiger partial charge in [0, 0.05) is 18.3 Å². The molecule has 4 rings (SSSR count). The Morgan fingerprint density at radius 3 is 2.41 bits per heavy atom. The standard InChI is InChI=1S/C20H19NO8/c1-19(28)8-3-2-4-10(22)12(8)15(24)13-9(19)5-7-6-11(23)14(18(21)27)17(26)20(7,29)16(13)25/h2-4,7,9,13-14,22,28-29H,5-6H2,1H3,(H2,21,27). The van der Waals surface area contributed by atoms with Gasteiger partial charge in [-0.05, 0) is 25.0 Å². The molecule has 3 aliphatic carbocycles. The highest BCUT2D eigenvalue weighted by atomic mass is 16.3. The van der Waals surface area contributed by atoms with Gasteiger partial charge in [-0.1, -0.05) is 12.1 Å². The number of Topliss-reactive ketones (excluding diaryl/α,β-unsaturated/α-hetero) is 4. The molecule has 3 aliphatic rings. The van der Waals surface area contributed by atoms with Crippen molar-refractivity contribution < 1.29 is 39.3 Å². The lowest BCUT2D eigenvalue weighted by molar-refractivity contribution is -0.182. The van der Waals surface area contributed by atoms with E-state index in [2.05, 4.69) is 0 Å². The number of carbonyl (C=O) groups is 5. The average Bonchev–Trinajstić information content (AvgIpc) is 2.62. The molecule has 0 heterocycles. The monoisotopic (exact) mass is 401 g/mol. The van der Waals surface area contributed by atoms with Gasteiger partial charge < -0.3 is 21.1 Å². The third-order valence-electron chi connectivity index (χ3n) is 6.72. The van der Waals surface area contributed by atoms with E-state index in [9.17, 15) is 39.3 Å². The number of amides is 1. The number of hydrogen-bond donors (Lipinski definition) is 4. The lowest BCUT2D eigenvalue weighted by atomic mass is 9.51. The van der Waals surface area contributed by atoms with Gasteiger partial charge in [-0.3, -0.25) is 24.0 Å².